The summed E-state index contributed by atoms with van der Waals surface area (Å²) in [7, 11) is 0. The predicted molar refractivity (Wildman–Crippen MR) is 89.1 cm³/mol. The number of hydrogen-bond donors (Lipinski definition) is 3. The molecule has 0 radical (unpaired) electrons. The zero-order valence-electron chi connectivity index (χ0n) is 13.1. The van der Waals surface area contributed by atoms with Gasteiger partial charge in [-0.05, 0) is 30.7 Å². The van der Waals surface area contributed by atoms with Crippen LogP contribution in [0.4, 0.5) is 4.79 Å². The maximum absolute atomic E-state index is 11.7. The fraction of sp³-hybridized carbons (Fsp3) is 0.625. The molecule has 0 aromatic carbocycles. The highest BCUT2D eigenvalue weighted by atomic mass is 32.1. The van der Waals surface area contributed by atoms with Crippen LogP contribution in [0.3, 0.4) is 0 Å². The van der Waals surface area contributed by atoms with Crippen LogP contribution >= 0.6 is 11.3 Å². The average molecular weight is 323 g/mol. The second-order valence-corrected chi connectivity index (χ2v) is 6.80. The molecular weight excluding hydrogens is 298 g/mol. The lowest BCUT2D eigenvalue weighted by Gasteiger charge is -2.24. The van der Waals surface area contributed by atoms with Crippen LogP contribution in [0, 0.1) is 5.92 Å². The van der Waals surface area contributed by atoms with Crippen LogP contribution in [-0.4, -0.2) is 31.6 Å². The molecule has 1 saturated carbocycles. The van der Waals surface area contributed by atoms with Crippen molar-refractivity contribution in [2.75, 3.05) is 19.6 Å². The first-order valence-electron chi connectivity index (χ1n) is 7.99. The number of hydrogen-bond acceptors (Lipinski definition) is 3. The topological polar surface area (TPSA) is 70.2 Å². The van der Waals surface area contributed by atoms with Crippen molar-refractivity contribution in [1.82, 2.24) is 16.0 Å². The van der Waals surface area contributed by atoms with Crippen molar-refractivity contribution in [2.24, 2.45) is 5.92 Å². The van der Waals surface area contributed by atoms with Gasteiger partial charge in [-0.1, -0.05) is 19.4 Å². The molecule has 3 amide bonds. The van der Waals surface area contributed by atoms with Gasteiger partial charge in [-0.3, -0.25) is 4.79 Å². The zero-order chi connectivity index (χ0) is 15.8. The second kappa shape index (κ2) is 8.78. The first kappa shape index (κ1) is 16.8. The second-order valence-electron chi connectivity index (χ2n) is 5.83. The summed E-state index contributed by atoms with van der Waals surface area (Å²) in [6, 6.07) is 3.96. The summed E-state index contributed by atoms with van der Waals surface area (Å²) in [4.78, 5) is 24.6. The lowest BCUT2D eigenvalue weighted by Crippen LogP contribution is -2.39. The Kier molecular flexibility index (Phi) is 6.71. The SMILES string of the molecule is CC(CNC(=O)NCCCNC(=O)C1CCC1)c1cccs1. The Hall–Kier alpha value is -1.56. The molecular formula is C16H25N3O2S. The Morgan fingerprint density at radius 1 is 1.27 bits per heavy atom. The molecule has 5 nitrogen and oxygen atoms in total. The van der Waals surface area contributed by atoms with E-state index in [-0.39, 0.29) is 17.9 Å². The Bertz CT molecular complexity index is 472. The van der Waals surface area contributed by atoms with Gasteiger partial charge in [0.15, 0.2) is 0 Å². The highest BCUT2D eigenvalue weighted by Crippen LogP contribution is 2.26. The minimum atomic E-state index is -0.145. The van der Waals surface area contributed by atoms with Gasteiger partial charge in [0.25, 0.3) is 0 Å². The summed E-state index contributed by atoms with van der Waals surface area (Å²) in [5.41, 5.74) is 0. The van der Waals surface area contributed by atoms with E-state index in [1.165, 1.54) is 11.3 Å². The fourth-order valence-corrected chi connectivity index (χ4v) is 3.08. The molecule has 1 aliphatic carbocycles. The monoisotopic (exact) mass is 323 g/mol. The van der Waals surface area contributed by atoms with E-state index in [1.807, 2.05) is 11.4 Å². The van der Waals surface area contributed by atoms with Crippen LogP contribution in [0.25, 0.3) is 0 Å². The molecule has 6 heteroatoms. The lowest BCUT2D eigenvalue weighted by atomic mass is 9.85. The maximum atomic E-state index is 11.7. The molecule has 1 aromatic rings. The van der Waals surface area contributed by atoms with Gasteiger partial charge in [0.05, 0.1) is 0 Å². The standard InChI is InChI=1S/C16H25N3O2S/c1-12(14-7-3-10-22-14)11-19-16(21)18-9-4-8-17-15(20)13-5-2-6-13/h3,7,10,12-13H,2,4-6,8-9,11H2,1H3,(H,17,20)(H2,18,19,21). The molecule has 1 fully saturated rings. The Balaban J connectivity index is 1.48. The molecule has 0 bridgehead atoms. The molecule has 1 atom stereocenters. The molecule has 3 N–H and O–H groups in total. The van der Waals surface area contributed by atoms with E-state index in [0.29, 0.717) is 25.6 Å². The maximum Gasteiger partial charge on any atom is 0.314 e. The van der Waals surface area contributed by atoms with Gasteiger partial charge in [-0.2, -0.15) is 0 Å². The summed E-state index contributed by atoms with van der Waals surface area (Å²) in [6.07, 6.45) is 3.97. The smallest absolute Gasteiger partial charge is 0.314 e. The predicted octanol–water partition coefficient (Wildman–Crippen LogP) is 2.46. The third-order valence-corrected chi connectivity index (χ3v) is 5.12. The van der Waals surface area contributed by atoms with Crippen molar-refractivity contribution >= 4 is 23.3 Å². The largest absolute Gasteiger partial charge is 0.356 e. The molecule has 1 unspecified atom stereocenters. The van der Waals surface area contributed by atoms with Crippen LogP contribution in [0.15, 0.2) is 17.5 Å². The van der Waals surface area contributed by atoms with Gasteiger partial charge in [-0.25, -0.2) is 4.79 Å². The summed E-state index contributed by atoms with van der Waals surface area (Å²) in [5.74, 6) is 0.725. The van der Waals surface area contributed by atoms with Crippen molar-refractivity contribution in [2.45, 2.75) is 38.5 Å². The number of urea groups is 1. The number of amides is 3. The van der Waals surface area contributed by atoms with Crippen molar-refractivity contribution < 1.29 is 9.59 Å². The quantitative estimate of drug-likeness (QED) is 0.643. The number of rotatable bonds is 8. The van der Waals surface area contributed by atoms with E-state index >= 15 is 0 Å². The number of nitrogens with one attached hydrogen (secondary N) is 3. The third kappa shape index (κ3) is 5.33. The molecule has 0 spiro atoms. The van der Waals surface area contributed by atoms with E-state index in [2.05, 4.69) is 28.9 Å². The molecule has 2 rings (SSSR count). The van der Waals surface area contributed by atoms with Gasteiger partial charge < -0.3 is 16.0 Å². The average Bonchev–Trinajstić information content (AvgIpc) is 2.96. The normalized spacial score (nSPS) is 15.7. The van der Waals surface area contributed by atoms with Gasteiger partial charge in [0.2, 0.25) is 5.91 Å². The van der Waals surface area contributed by atoms with Crippen molar-refractivity contribution in [1.29, 1.82) is 0 Å². The molecule has 0 aliphatic heterocycles. The number of carbonyl (C=O) groups is 2. The molecule has 22 heavy (non-hydrogen) atoms. The van der Waals surface area contributed by atoms with E-state index in [4.69, 9.17) is 0 Å². The molecule has 1 aromatic heterocycles. The third-order valence-electron chi connectivity index (χ3n) is 4.01. The van der Waals surface area contributed by atoms with Crippen LogP contribution < -0.4 is 16.0 Å². The Labute approximate surface area is 135 Å². The number of thiophene rings is 1. The van der Waals surface area contributed by atoms with Gasteiger partial charge in [-0.15, -0.1) is 11.3 Å². The van der Waals surface area contributed by atoms with Crippen LogP contribution in [0.2, 0.25) is 0 Å². The van der Waals surface area contributed by atoms with E-state index in [0.717, 1.165) is 19.3 Å². The van der Waals surface area contributed by atoms with Crippen molar-refractivity contribution in [3.05, 3.63) is 22.4 Å². The minimum absolute atomic E-state index is 0.145. The highest BCUT2D eigenvalue weighted by Gasteiger charge is 2.24. The zero-order valence-corrected chi connectivity index (χ0v) is 13.9. The minimum Gasteiger partial charge on any atom is -0.356 e. The first-order valence-corrected chi connectivity index (χ1v) is 8.87. The van der Waals surface area contributed by atoms with E-state index in [1.54, 1.807) is 11.3 Å². The highest BCUT2D eigenvalue weighted by molar-refractivity contribution is 7.10. The van der Waals surface area contributed by atoms with Crippen LogP contribution in [-0.2, 0) is 4.79 Å². The van der Waals surface area contributed by atoms with Crippen LogP contribution in [0.1, 0.15) is 43.4 Å². The van der Waals surface area contributed by atoms with Crippen molar-refractivity contribution in [3.63, 3.8) is 0 Å². The van der Waals surface area contributed by atoms with Crippen LogP contribution in [0.5, 0.6) is 0 Å². The Morgan fingerprint density at radius 3 is 2.68 bits per heavy atom. The Morgan fingerprint density at radius 2 is 2.05 bits per heavy atom. The summed E-state index contributed by atoms with van der Waals surface area (Å²) in [6.45, 7) is 3.93. The molecule has 1 aliphatic rings. The first-order chi connectivity index (χ1) is 10.7. The molecule has 0 saturated heterocycles. The molecule has 1 heterocycles. The van der Waals surface area contributed by atoms with E-state index in [9.17, 15) is 9.59 Å². The summed E-state index contributed by atoms with van der Waals surface area (Å²) in [5, 5.41) is 10.7. The summed E-state index contributed by atoms with van der Waals surface area (Å²) < 4.78 is 0. The van der Waals surface area contributed by atoms with Gasteiger partial charge >= 0.3 is 6.03 Å². The van der Waals surface area contributed by atoms with E-state index < -0.39 is 0 Å². The van der Waals surface area contributed by atoms with Crippen molar-refractivity contribution in [3.8, 4) is 0 Å². The number of carbonyl (C=O) groups excluding carboxylic acids is 2. The van der Waals surface area contributed by atoms with Gasteiger partial charge in [0.1, 0.15) is 0 Å². The molecule has 122 valence electrons. The van der Waals surface area contributed by atoms with Gasteiger partial charge in [0, 0.05) is 36.3 Å². The summed E-state index contributed by atoms with van der Waals surface area (Å²) >= 11 is 1.71. The fourth-order valence-electron chi connectivity index (χ4n) is 2.30. The lowest BCUT2D eigenvalue weighted by molar-refractivity contribution is -0.127.